The molecule has 1 aromatic rings. The van der Waals surface area contributed by atoms with Crippen LogP contribution in [0.3, 0.4) is 0 Å². The van der Waals surface area contributed by atoms with Gasteiger partial charge in [-0.2, -0.15) is 0 Å². The first-order valence-electron chi connectivity index (χ1n) is 5.37. The minimum Gasteiger partial charge on any atom is -0.394 e. The summed E-state index contributed by atoms with van der Waals surface area (Å²) < 4.78 is 13.7. The second-order valence-electron chi connectivity index (χ2n) is 3.73. The van der Waals surface area contributed by atoms with Crippen molar-refractivity contribution in [3.8, 4) is 0 Å². The molecule has 9 heteroatoms. The maximum absolute atomic E-state index is 11.6. The minimum absolute atomic E-state index is 0. The maximum Gasteiger partial charge on any atom is 0.330 e. The summed E-state index contributed by atoms with van der Waals surface area (Å²) in [7, 11) is 0. The fourth-order valence-electron chi connectivity index (χ4n) is 1.71. The van der Waals surface area contributed by atoms with Crippen LogP contribution in [0.25, 0.3) is 0 Å². The van der Waals surface area contributed by atoms with Crippen LogP contribution in [0.4, 0.5) is 0 Å². The molecule has 0 aromatic carbocycles. The average molecular weight is 536 g/mol. The number of nitrogens with zero attached hydrogens (tertiary/aromatic N) is 1. The van der Waals surface area contributed by atoms with Gasteiger partial charge in [0.25, 0.3) is 5.56 Å². The third-order valence-electron chi connectivity index (χ3n) is 2.60. The number of aliphatic hydroxyl groups is 2. The summed E-state index contributed by atoms with van der Waals surface area (Å²) in [5.41, 5.74) is -1.14. The van der Waals surface area contributed by atoms with Crippen molar-refractivity contribution in [3.63, 3.8) is 0 Å². The number of aromatic nitrogens is 2. The van der Waals surface area contributed by atoms with E-state index in [4.69, 9.17) is 11.3 Å². The molecular formula is C9H11AcBrN2O5. The second kappa shape index (κ2) is 6.77. The molecule has 0 saturated carbocycles. The molecule has 0 aliphatic carbocycles. The number of halogens is 1. The first kappa shape index (κ1) is 14.9. The van der Waals surface area contributed by atoms with E-state index in [-0.39, 0.29) is 61.6 Å². The van der Waals surface area contributed by atoms with Gasteiger partial charge in [-0.25, -0.2) is 4.79 Å². The standard InChI is InChI=1S/C9H11BrN2O5.Ac/c10-4-2-12(9(16)11-8(4)15)7-1-5(14)6(3-13)17-7;/h2,5-7,13-14H,1,3H2,(H,11,15,16);/t5?,6-,7-;/m1./s1/i14T;. The van der Waals surface area contributed by atoms with E-state index >= 15 is 0 Å². The van der Waals surface area contributed by atoms with Crippen molar-refractivity contribution in [2.24, 2.45) is 0 Å². The number of aliphatic hydroxyl groups excluding tert-OH is 2. The number of rotatable bonds is 3. The first-order valence-corrected chi connectivity index (χ1v) is 5.75. The Hall–Kier alpha value is 0.482. The van der Waals surface area contributed by atoms with Crippen molar-refractivity contribution in [2.75, 3.05) is 6.61 Å². The predicted molar refractivity (Wildman–Crippen MR) is 60.6 cm³/mol. The van der Waals surface area contributed by atoms with Crippen molar-refractivity contribution in [3.05, 3.63) is 31.5 Å². The van der Waals surface area contributed by atoms with Crippen molar-refractivity contribution < 1.29 is 59.0 Å². The summed E-state index contributed by atoms with van der Waals surface area (Å²) in [6.45, 7) is -0.306. The van der Waals surface area contributed by atoms with Gasteiger partial charge in [0.15, 0.2) is 0 Å². The second-order valence-corrected chi connectivity index (χ2v) is 4.58. The molecule has 1 saturated heterocycles. The zero-order chi connectivity index (χ0) is 13.3. The van der Waals surface area contributed by atoms with Crippen LogP contribution >= 0.6 is 15.9 Å². The van der Waals surface area contributed by atoms with Gasteiger partial charge in [-0.1, -0.05) is 0 Å². The molecule has 97 valence electrons. The van der Waals surface area contributed by atoms with Gasteiger partial charge in [0.05, 0.1) is 17.2 Å². The Balaban J connectivity index is 0.00000180. The largest absolute Gasteiger partial charge is 0.394 e. The number of ether oxygens (including phenoxy) is 1. The van der Waals surface area contributed by atoms with E-state index in [1.807, 2.05) is 0 Å². The van der Waals surface area contributed by atoms with Gasteiger partial charge >= 0.3 is 5.69 Å². The van der Waals surface area contributed by atoms with E-state index in [1.54, 1.807) is 0 Å². The van der Waals surface area contributed by atoms with Crippen LogP contribution in [-0.2, 0) is 4.74 Å². The van der Waals surface area contributed by atoms with E-state index in [9.17, 15) is 9.59 Å². The molecular weight excluding hydrogens is 523 g/mol. The summed E-state index contributed by atoms with van der Waals surface area (Å²) in [4.78, 5) is 24.9. The molecule has 1 fully saturated rings. The SMILES string of the molecule is [3H]OC1C[C@H](n2cc(Br)c(=O)[nH]c2=O)O[C@@H]1CO.[Ac]. The molecule has 2 heterocycles. The Bertz CT molecular complexity index is 538. The number of nitrogens with one attached hydrogen (secondary N) is 1. The summed E-state index contributed by atoms with van der Waals surface area (Å²) in [6.07, 6.45) is -0.402. The molecule has 1 aromatic heterocycles. The van der Waals surface area contributed by atoms with E-state index in [0.717, 1.165) is 0 Å². The Morgan fingerprint density at radius 3 is 2.94 bits per heavy atom. The van der Waals surface area contributed by atoms with E-state index < -0.39 is 29.7 Å². The third-order valence-corrected chi connectivity index (χ3v) is 3.16. The Labute approximate surface area is 147 Å². The zero-order valence-electron chi connectivity index (χ0n) is 10.2. The van der Waals surface area contributed by atoms with Crippen molar-refractivity contribution in [2.45, 2.75) is 24.9 Å². The monoisotopic (exact) mass is 535 g/mol. The van der Waals surface area contributed by atoms with Gasteiger partial charge in [0.2, 0.25) is 1.43 Å². The van der Waals surface area contributed by atoms with E-state index in [2.05, 4.69) is 26.0 Å². The minimum atomic E-state index is -0.682. The molecule has 0 amide bonds. The maximum atomic E-state index is 11.6. The molecule has 3 atom stereocenters. The van der Waals surface area contributed by atoms with Crippen molar-refractivity contribution >= 4 is 15.9 Å². The van der Waals surface area contributed by atoms with Crippen LogP contribution in [0.1, 0.15) is 12.6 Å². The summed E-state index contributed by atoms with van der Waals surface area (Å²) in [5, 5.41) is 13.5. The van der Waals surface area contributed by atoms with Crippen LogP contribution in [0, 0.1) is 44.1 Å². The smallest absolute Gasteiger partial charge is 0.330 e. The first-order chi connectivity index (χ1) is 8.56. The Kier molecular flexibility index (Phi) is 5.60. The number of H-pyrrole nitrogens is 1. The molecule has 0 bridgehead atoms. The van der Waals surface area contributed by atoms with E-state index in [1.165, 1.54) is 10.8 Å². The van der Waals surface area contributed by atoms with Crippen molar-refractivity contribution in [1.82, 2.24) is 9.55 Å². The fourth-order valence-corrected chi connectivity index (χ4v) is 2.03. The quantitative estimate of drug-likeness (QED) is 0.458. The number of hydrogen-bond donors (Lipinski definition) is 3. The molecule has 1 aliphatic heterocycles. The summed E-state index contributed by atoms with van der Waals surface area (Å²) in [6, 6.07) is 0. The molecule has 1 aliphatic rings. The fraction of sp³-hybridized carbons (Fsp3) is 0.556. The summed E-state index contributed by atoms with van der Waals surface area (Å²) >= 11 is 3.01. The molecule has 2 rings (SSSR count). The third kappa shape index (κ3) is 3.32. The van der Waals surface area contributed by atoms with Crippen molar-refractivity contribution in [1.29, 1.82) is 1.43 Å². The van der Waals surface area contributed by atoms with Gasteiger partial charge in [-0.15, -0.1) is 0 Å². The van der Waals surface area contributed by atoms with Crippen LogP contribution in [0.2, 0.25) is 0 Å². The molecule has 0 spiro atoms. The van der Waals surface area contributed by atoms with E-state index in [0.29, 0.717) is 0 Å². The van der Waals surface area contributed by atoms with Gasteiger partial charge in [-0.3, -0.25) is 14.3 Å². The predicted octanol–water partition coefficient (Wildman–Crippen LogP) is -1.06. The molecule has 3 N–H and O–H groups in total. The molecule has 1 unspecified atom stereocenters. The van der Waals surface area contributed by atoms with Gasteiger partial charge < -0.3 is 15.0 Å². The topological polar surface area (TPSA) is 105 Å². The molecule has 18 heavy (non-hydrogen) atoms. The number of hydrogen-bond acceptors (Lipinski definition) is 5. The molecule has 1 radical (unpaired) electrons. The average Bonchev–Trinajstić information content (AvgIpc) is 2.76. The number of aromatic amines is 1. The van der Waals surface area contributed by atoms with Gasteiger partial charge in [-0.05, 0) is 15.9 Å². The zero-order valence-corrected chi connectivity index (χ0v) is 15.5. The summed E-state index contributed by atoms with van der Waals surface area (Å²) in [5.74, 6) is 0. The van der Waals surface area contributed by atoms with Gasteiger partial charge in [0, 0.05) is 56.7 Å². The Morgan fingerprint density at radius 1 is 1.67 bits per heavy atom. The molecule has 7 nitrogen and oxygen atoms in total. The Morgan fingerprint density at radius 2 is 2.39 bits per heavy atom. The van der Waals surface area contributed by atoms with Crippen LogP contribution < -0.4 is 11.2 Å². The van der Waals surface area contributed by atoms with Crippen LogP contribution in [-0.4, -0.2) is 40.0 Å². The van der Waals surface area contributed by atoms with Crippen LogP contribution in [0.15, 0.2) is 20.3 Å². The normalized spacial score (nSPS) is 27.7. The van der Waals surface area contributed by atoms with Gasteiger partial charge in [0.1, 0.15) is 12.3 Å². The van der Waals surface area contributed by atoms with Crippen LogP contribution in [0.5, 0.6) is 0 Å².